The SMILES string of the molecule is CNC1CCCN(c2cnn(CC(C)C)c(=O)c2Br)C1. The van der Waals surface area contributed by atoms with Gasteiger partial charge in [0, 0.05) is 25.7 Å². The van der Waals surface area contributed by atoms with Gasteiger partial charge in [-0.1, -0.05) is 13.8 Å². The molecule has 0 radical (unpaired) electrons. The first-order valence-electron chi connectivity index (χ1n) is 7.20. The molecule has 0 spiro atoms. The average Bonchev–Trinajstić information content (AvgIpc) is 2.44. The van der Waals surface area contributed by atoms with Crippen molar-refractivity contribution in [1.82, 2.24) is 15.1 Å². The lowest BCUT2D eigenvalue weighted by molar-refractivity contribution is 0.443. The minimum absolute atomic E-state index is 0.0391. The fourth-order valence-electron chi connectivity index (χ4n) is 2.58. The number of anilines is 1. The second-order valence-electron chi connectivity index (χ2n) is 5.80. The Hall–Kier alpha value is -0.880. The van der Waals surface area contributed by atoms with E-state index >= 15 is 0 Å². The van der Waals surface area contributed by atoms with Crippen LogP contribution in [0.3, 0.4) is 0 Å². The van der Waals surface area contributed by atoms with Crippen molar-refractivity contribution >= 4 is 21.6 Å². The van der Waals surface area contributed by atoms with Gasteiger partial charge in [0.25, 0.3) is 5.56 Å². The predicted octanol–water partition coefficient (Wildman–Crippen LogP) is 1.85. The summed E-state index contributed by atoms with van der Waals surface area (Å²) in [6, 6.07) is 0.480. The molecule has 2 rings (SSSR count). The van der Waals surface area contributed by atoms with E-state index in [-0.39, 0.29) is 5.56 Å². The first-order chi connectivity index (χ1) is 9.52. The Labute approximate surface area is 128 Å². The molecule has 6 heteroatoms. The van der Waals surface area contributed by atoms with Crippen molar-refractivity contribution in [2.45, 2.75) is 39.3 Å². The summed E-state index contributed by atoms with van der Waals surface area (Å²) in [6.07, 6.45) is 4.13. The van der Waals surface area contributed by atoms with E-state index < -0.39 is 0 Å². The average molecular weight is 343 g/mol. The largest absolute Gasteiger partial charge is 0.368 e. The van der Waals surface area contributed by atoms with Crippen molar-refractivity contribution in [3.8, 4) is 0 Å². The van der Waals surface area contributed by atoms with Crippen LogP contribution in [-0.2, 0) is 6.54 Å². The lowest BCUT2D eigenvalue weighted by atomic mass is 10.1. The molecule has 1 N–H and O–H groups in total. The molecule has 0 amide bonds. The third kappa shape index (κ3) is 3.41. The zero-order valence-electron chi connectivity index (χ0n) is 12.4. The molecule has 1 aliphatic rings. The maximum absolute atomic E-state index is 12.3. The number of halogens is 1. The summed E-state index contributed by atoms with van der Waals surface area (Å²) in [4.78, 5) is 14.6. The number of likely N-dealkylation sites (N-methyl/N-ethyl adjacent to an activating group) is 1. The highest BCUT2D eigenvalue weighted by molar-refractivity contribution is 9.10. The Morgan fingerprint density at radius 3 is 2.95 bits per heavy atom. The number of aromatic nitrogens is 2. The first-order valence-corrected chi connectivity index (χ1v) is 8.00. The molecule has 20 heavy (non-hydrogen) atoms. The Balaban J connectivity index is 2.25. The Morgan fingerprint density at radius 2 is 2.30 bits per heavy atom. The fraction of sp³-hybridized carbons (Fsp3) is 0.714. The predicted molar refractivity (Wildman–Crippen MR) is 85.3 cm³/mol. The van der Waals surface area contributed by atoms with Gasteiger partial charge >= 0.3 is 0 Å². The van der Waals surface area contributed by atoms with Gasteiger partial charge < -0.3 is 10.2 Å². The maximum Gasteiger partial charge on any atom is 0.283 e. The second kappa shape index (κ2) is 6.72. The smallest absolute Gasteiger partial charge is 0.283 e. The highest BCUT2D eigenvalue weighted by Gasteiger charge is 2.22. The molecule has 1 aliphatic heterocycles. The van der Waals surface area contributed by atoms with Crippen molar-refractivity contribution in [3.05, 3.63) is 21.0 Å². The lowest BCUT2D eigenvalue weighted by Crippen LogP contribution is -2.45. The van der Waals surface area contributed by atoms with Crippen LogP contribution >= 0.6 is 15.9 Å². The van der Waals surface area contributed by atoms with Crippen molar-refractivity contribution in [2.24, 2.45) is 5.92 Å². The van der Waals surface area contributed by atoms with Crippen molar-refractivity contribution < 1.29 is 0 Å². The monoisotopic (exact) mass is 342 g/mol. The van der Waals surface area contributed by atoms with Gasteiger partial charge in [-0.05, 0) is 41.7 Å². The molecule has 1 saturated heterocycles. The molecule has 112 valence electrons. The van der Waals surface area contributed by atoms with E-state index in [4.69, 9.17) is 0 Å². The summed E-state index contributed by atoms with van der Waals surface area (Å²) in [6.45, 7) is 6.71. The Morgan fingerprint density at radius 1 is 1.55 bits per heavy atom. The van der Waals surface area contributed by atoms with Crippen LogP contribution in [0.2, 0.25) is 0 Å². The van der Waals surface area contributed by atoms with E-state index in [0.29, 0.717) is 23.0 Å². The van der Waals surface area contributed by atoms with E-state index in [1.165, 1.54) is 11.1 Å². The zero-order valence-corrected chi connectivity index (χ0v) is 14.0. The quantitative estimate of drug-likeness (QED) is 0.907. The zero-order chi connectivity index (χ0) is 14.7. The number of nitrogens with one attached hydrogen (secondary N) is 1. The topological polar surface area (TPSA) is 50.2 Å². The number of rotatable bonds is 4. The Bertz CT molecular complexity index is 514. The van der Waals surface area contributed by atoms with Crippen LogP contribution in [-0.4, -0.2) is 36.0 Å². The second-order valence-corrected chi connectivity index (χ2v) is 6.59. The minimum atomic E-state index is -0.0391. The summed E-state index contributed by atoms with van der Waals surface area (Å²) in [5.74, 6) is 0.404. The minimum Gasteiger partial charge on any atom is -0.368 e. The molecular weight excluding hydrogens is 320 g/mol. The fourth-order valence-corrected chi connectivity index (χ4v) is 3.14. The molecule has 1 aromatic rings. The van der Waals surface area contributed by atoms with Gasteiger partial charge in [-0.3, -0.25) is 4.79 Å². The first kappa shape index (κ1) is 15.5. The normalized spacial score (nSPS) is 19.6. The van der Waals surface area contributed by atoms with Gasteiger partial charge in [0.15, 0.2) is 0 Å². The van der Waals surface area contributed by atoms with E-state index in [0.717, 1.165) is 25.2 Å². The van der Waals surface area contributed by atoms with Crippen molar-refractivity contribution in [1.29, 1.82) is 0 Å². The molecule has 1 unspecified atom stereocenters. The number of nitrogens with zero attached hydrogens (tertiary/aromatic N) is 3. The number of hydrogen-bond donors (Lipinski definition) is 1. The summed E-state index contributed by atoms with van der Waals surface area (Å²) in [5, 5.41) is 7.63. The van der Waals surface area contributed by atoms with Crippen molar-refractivity contribution in [3.63, 3.8) is 0 Å². The van der Waals surface area contributed by atoms with Crippen LogP contribution in [0.15, 0.2) is 15.5 Å². The van der Waals surface area contributed by atoms with E-state index in [9.17, 15) is 4.79 Å². The molecular formula is C14H23BrN4O. The van der Waals surface area contributed by atoms with Crippen LogP contribution in [0.4, 0.5) is 5.69 Å². The van der Waals surface area contributed by atoms with Gasteiger partial charge in [-0.15, -0.1) is 0 Å². The summed E-state index contributed by atoms with van der Waals surface area (Å²) in [5.41, 5.74) is 0.873. The molecule has 0 aromatic carbocycles. The van der Waals surface area contributed by atoms with Gasteiger partial charge in [0.05, 0.1) is 11.9 Å². The standard InChI is InChI=1S/C14H23BrN4O/c1-10(2)8-19-14(20)13(15)12(7-17-19)18-6-4-5-11(9-18)16-3/h7,10-11,16H,4-6,8-9H2,1-3H3. The number of hydrogen-bond acceptors (Lipinski definition) is 4. The van der Waals surface area contributed by atoms with E-state index in [1.807, 2.05) is 13.2 Å². The van der Waals surface area contributed by atoms with Crippen LogP contribution < -0.4 is 15.8 Å². The van der Waals surface area contributed by atoms with E-state index in [1.54, 1.807) is 0 Å². The lowest BCUT2D eigenvalue weighted by Gasteiger charge is -2.34. The van der Waals surface area contributed by atoms with Crippen LogP contribution in [0.5, 0.6) is 0 Å². The highest BCUT2D eigenvalue weighted by atomic mass is 79.9. The summed E-state index contributed by atoms with van der Waals surface area (Å²) in [7, 11) is 1.99. The highest BCUT2D eigenvalue weighted by Crippen LogP contribution is 2.25. The summed E-state index contributed by atoms with van der Waals surface area (Å²) >= 11 is 3.46. The summed E-state index contributed by atoms with van der Waals surface area (Å²) < 4.78 is 2.17. The molecule has 1 atom stereocenters. The third-order valence-electron chi connectivity index (χ3n) is 3.67. The third-order valence-corrected chi connectivity index (χ3v) is 4.42. The van der Waals surface area contributed by atoms with Crippen LogP contribution in [0, 0.1) is 5.92 Å². The number of piperidine rings is 1. The van der Waals surface area contributed by atoms with Gasteiger partial charge in [-0.2, -0.15) is 5.10 Å². The van der Waals surface area contributed by atoms with Crippen LogP contribution in [0.25, 0.3) is 0 Å². The Kier molecular flexibility index (Phi) is 5.21. The molecule has 1 fully saturated rings. The van der Waals surface area contributed by atoms with Gasteiger partial charge in [0.2, 0.25) is 0 Å². The molecule has 0 saturated carbocycles. The molecule has 0 aliphatic carbocycles. The molecule has 1 aromatic heterocycles. The van der Waals surface area contributed by atoms with Crippen LogP contribution in [0.1, 0.15) is 26.7 Å². The van der Waals surface area contributed by atoms with E-state index in [2.05, 4.69) is 45.1 Å². The van der Waals surface area contributed by atoms with Crippen molar-refractivity contribution in [2.75, 3.05) is 25.0 Å². The maximum atomic E-state index is 12.3. The molecule has 5 nitrogen and oxygen atoms in total. The molecule has 0 bridgehead atoms. The van der Waals surface area contributed by atoms with Gasteiger partial charge in [0.1, 0.15) is 4.47 Å². The molecule has 2 heterocycles. The van der Waals surface area contributed by atoms with Gasteiger partial charge in [-0.25, -0.2) is 4.68 Å².